The van der Waals surface area contributed by atoms with Crippen molar-refractivity contribution >= 4 is 18.3 Å². The Morgan fingerprint density at radius 3 is 2.67 bits per heavy atom. The van der Waals surface area contributed by atoms with Crippen molar-refractivity contribution < 1.29 is 12.9 Å². The van der Waals surface area contributed by atoms with Crippen molar-refractivity contribution in [3.05, 3.63) is 34.4 Å². The molecule has 0 unspecified atom stereocenters. The van der Waals surface area contributed by atoms with E-state index >= 15 is 0 Å². The molecule has 0 fully saturated rings. The van der Waals surface area contributed by atoms with Crippen LogP contribution in [-0.2, 0) is 6.54 Å². The summed E-state index contributed by atoms with van der Waals surface area (Å²) >= 11 is 1.54. The van der Waals surface area contributed by atoms with E-state index in [0.717, 1.165) is 4.88 Å². The van der Waals surface area contributed by atoms with Gasteiger partial charge >= 0.3 is 6.98 Å². The van der Waals surface area contributed by atoms with Gasteiger partial charge in [-0.1, -0.05) is 6.07 Å². The van der Waals surface area contributed by atoms with Crippen LogP contribution in [0.5, 0.6) is 0 Å². The molecule has 6 heteroatoms. The first-order valence-corrected chi connectivity index (χ1v) is 5.36. The maximum Gasteiger partial charge on any atom is 0.506 e. The highest BCUT2D eigenvalue weighted by Crippen LogP contribution is 2.19. The smallest absolute Gasteiger partial charge is 0.445 e. The van der Waals surface area contributed by atoms with Crippen molar-refractivity contribution in [1.29, 1.82) is 0 Å². The van der Waals surface area contributed by atoms with E-state index in [1.807, 2.05) is 17.5 Å². The third kappa shape index (κ3) is 4.09. The highest BCUT2D eigenvalue weighted by molar-refractivity contribution is 7.09. The molecule has 84 valence electrons. The van der Waals surface area contributed by atoms with Gasteiger partial charge in [0, 0.05) is 11.4 Å². The van der Waals surface area contributed by atoms with Crippen LogP contribution in [0.4, 0.5) is 12.9 Å². The molecule has 1 aromatic rings. The first kappa shape index (κ1) is 12.3. The van der Waals surface area contributed by atoms with Crippen molar-refractivity contribution in [3.8, 4) is 0 Å². The molecule has 0 amide bonds. The number of thiophene rings is 1. The van der Waals surface area contributed by atoms with Crippen LogP contribution in [0.2, 0.25) is 0 Å². The molecule has 0 saturated heterocycles. The molecule has 0 atom stereocenters. The Labute approximate surface area is 91.3 Å². The molecule has 0 bridgehead atoms. The van der Waals surface area contributed by atoms with Gasteiger partial charge in [-0.05, 0) is 25.0 Å². The topological polar surface area (TPSA) is 3.24 Å². The quantitative estimate of drug-likeness (QED) is 0.707. The van der Waals surface area contributed by atoms with Crippen LogP contribution in [0.1, 0.15) is 4.88 Å². The van der Waals surface area contributed by atoms with Crippen molar-refractivity contribution in [1.82, 2.24) is 4.90 Å². The van der Waals surface area contributed by atoms with E-state index in [0.29, 0.717) is 6.54 Å². The van der Waals surface area contributed by atoms with Gasteiger partial charge in [0.1, 0.15) is 0 Å². The lowest BCUT2D eigenvalue weighted by Gasteiger charge is -2.23. The second-order valence-electron chi connectivity index (χ2n) is 3.48. The summed E-state index contributed by atoms with van der Waals surface area (Å²) in [7, 11) is 1.66. The average Bonchev–Trinajstić information content (AvgIpc) is 2.54. The van der Waals surface area contributed by atoms with Gasteiger partial charge in [-0.15, -0.1) is 23.4 Å². The first-order valence-electron chi connectivity index (χ1n) is 4.48. The monoisotopic (exact) mass is 234 g/mol. The van der Waals surface area contributed by atoms with Crippen molar-refractivity contribution in [2.24, 2.45) is 0 Å². The molecule has 0 aliphatic heterocycles. The number of halogens is 3. The Morgan fingerprint density at radius 2 is 2.20 bits per heavy atom. The molecule has 1 heterocycles. The van der Waals surface area contributed by atoms with E-state index in [2.05, 4.69) is 6.58 Å². The van der Waals surface area contributed by atoms with E-state index in [-0.39, 0.29) is 6.54 Å². The lowest BCUT2D eigenvalue weighted by atomic mass is 9.80. The summed E-state index contributed by atoms with van der Waals surface area (Å²) in [5.41, 5.74) is -0.644. The summed E-state index contributed by atoms with van der Waals surface area (Å²) in [4.78, 5) is 2.67. The molecule has 1 rings (SSSR count). The molecular formula is C9H12BF3NS-. The number of likely N-dealkylation sites (N-methyl/N-ethyl adjacent to an activating group) is 1. The van der Waals surface area contributed by atoms with E-state index in [4.69, 9.17) is 0 Å². The molecule has 1 aromatic heterocycles. The first-order chi connectivity index (χ1) is 6.89. The minimum Gasteiger partial charge on any atom is -0.445 e. The van der Waals surface area contributed by atoms with E-state index < -0.39 is 12.4 Å². The SMILES string of the molecule is C=C(CN(C)Cc1cccs1)[B-](F)(F)F. The lowest BCUT2D eigenvalue weighted by Crippen LogP contribution is -2.29. The largest absolute Gasteiger partial charge is 0.506 e. The summed E-state index contributed by atoms with van der Waals surface area (Å²) in [6.07, 6.45) is 0. The zero-order chi connectivity index (χ0) is 11.5. The minimum atomic E-state index is -4.90. The van der Waals surface area contributed by atoms with Crippen LogP contribution in [0.15, 0.2) is 29.6 Å². The van der Waals surface area contributed by atoms with Crippen molar-refractivity contribution in [2.45, 2.75) is 6.54 Å². The molecule has 15 heavy (non-hydrogen) atoms. The summed E-state index contributed by atoms with van der Waals surface area (Å²) in [6.45, 7) is -1.44. The fraction of sp³-hybridized carbons (Fsp3) is 0.333. The average molecular weight is 234 g/mol. The van der Waals surface area contributed by atoms with Crippen LogP contribution in [-0.4, -0.2) is 25.5 Å². The maximum absolute atomic E-state index is 12.2. The van der Waals surface area contributed by atoms with Crippen molar-refractivity contribution in [2.75, 3.05) is 13.6 Å². The van der Waals surface area contributed by atoms with E-state index in [9.17, 15) is 12.9 Å². The van der Waals surface area contributed by atoms with Crippen LogP contribution in [0.3, 0.4) is 0 Å². The van der Waals surface area contributed by atoms with Gasteiger partial charge in [0.15, 0.2) is 0 Å². The van der Waals surface area contributed by atoms with Crippen LogP contribution >= 0.6 is 11.3 Å². The third-order valence-electron chi connectivity index (χ3n) is 1.94. The van der Waals surface area contributed by atoms with Crippen LogP contribution in [0, 0.1) is 0 Å². The normalized spacial score (nSPS) is 12.1. The van der Waals surface area contributed by atoms with Crippen LogP contribution in [0.25, 0.3) is 0 Å². The highest BCUT2D eigenvalue weighted by Gasteiger charge is 2.27. The fourth-order valence-corrected chi connectivity index (χ4v) is 1.96. The predicted molar refractivity (Wildman–Crippen MR) is 58.9 cm³/mol. The minimum absolute atomic E-state index is 0.124. The Kier molecular flexibility index (Phi) is 3.99. The number of nitrogens with zero attached hydrogens (tertiary/aromatic N) is 1. The Balaban J connectivity index is 2.43. The molecule has 0 aliphatic carbocycles. The summed E-state index contributed by atoms with van der Waals surface area (Å²) in [5, 5.41) is 1.91. The van der Waals surface area contributed by atoms with Gasteiger partial charge in [-0.3, -0.25) is 0 Å². The standard InChI is InChI=1S/C9H12BF3NS/c1-8(10(11,12)13)6-14(2)7-9-4-3-5-15-9/h3-5H,1,6-7H2,2H3/q-1. The van der Waals surface area contributed by atoms with E-state index in [1.165, 1.54) is 11.3 Å². The second kappa shape index (κ2) is 4.85. The number of hydrogen-bond donors (Lipinski definition) is 0. The second-order valence-corrected chi connectivity index (χ2v) is 4.52. The van der Waals surface area contributed by atoms with Gasteiger partial charge in [0.25, 0.3) is 0 Å². The molecule has 0 radical (unpaired) electrons. The predicted octanol–water partition coefficient (Wildman–Crippen LogP) is 3.12. The number of hydrogen-bond acceptors (Lipinski definition) is 2. The van der Waals surface area contributed by atoms with E-state index in [1.54, 1.807) is 11.9 Å². The Hall–Kier alpha value is -0.745. The molecule has 0 spiro atoms. The zero-order valence-electron chi connectivity index (χ0n) is 8.42. The lowest BCUT2D eigenvalue weighted by molar-refractivity contribution is 0.353. The fourth-order valence-electron chi connectivity index (χ4n) is 1.17. The summed E-state index contributed by atoms with van der Waals surface area (Å²) in [6, 6.07) is 3.79. The van der Waals surface area contributed by atoms with Crippen LogP contribution < -0.4 is 0 Å². The van der Waals surface area contributed by atoms with Gasteiger partial charge in [-0.2, -0.15) is 0 Å². The molecule has 0 saturated carbocycles. The summed E-state index contributed by atoms with van der Waals surface area (Å²) in [5.74, 6) is 0. The molecule has 0 aromatic carbocycles. The Bertz CT molecular complexity index is 321. The third-order valence-corrected chi connectivity index (χ3v) is 2.80. The maximum atomic E-state index is 12.2. The van der Waals surface area contributed by atoms with Gasteiger partial charge in [0.2, 0.25) is 0 Å². The van der Waals surface area contributed by atoms with Gasteiger partial charge in [-0.25, -0.2) is 0 Å². The molecule has 0 aliphatic rings. The molecule has 0 N–H and O–H groups in total. The Morgan fingerprint density at radius 1 is 1.53 bits per heavy atom. The molecule has 1 nitrogen and oxygen atoms in total. The highest BCUT2D eigenvalue weighted by atomic mass is 32.1. The van der Waals surface area contributed by atoms with Gasteiger partial charge in [0.05, 0.1) is 0 Å². The van der Waals surface area contributed by atoms with Crippen molar-refractivity contribution in [3.63, 3.8) is 0 Å². The molecular weight excluding hydrogens is 222 g/mol. The summed E-state index contributed by atoms with van der Waals surface area (Å²) < 4.78 is 36.7. The van der Waals surface area contributed by atoms with Gasteiger partial charge < -0.3 is 17.8 Å². The number of rotatable bonds is 5. The zero-order valence-corrected chi connectivity index (χ0v) is 9.24.